The van der Waals surface area contributed by atoms with Gasteiger partial charge >= 0.3 is 0 Å². The van der Waals surface area contributed by atoms with Crippen LogP contribution in [-0.2, 0) is 6.42 Å². The van der Waals surface area contributed by atoms with Gasteiger partial charge in [0.2, 0.25) is 0 Å². The number of hydrogen-bond acceptors (Lipinski definition) is 2. The fourth-order valence-electron chi connectivity index (χ4n) is 2.29. The Balaban J connectivity index is 2.08. The van der Waals surface area contributed by atoms with Gasteiger partial charge in [-0.15, -0.1) is 0 Å². The fourth-order valence-corrected chi connectivity index (χ4v) is 2.47. The van der Waals surface area contributed by atoms with Crippen molar-refractivity contribution in [1.82, 2.24) is 4.98 Å². The third-order valence-corrected chi connectivity index (χ3v) is 3.44. The zero-order valence-electron chi connectivity index (χ0n) is 10.3. The number of nitrogens with zero attached hydrogens (tertiary/aromatic N) is 1. The first-order valence-electron chi connectivity index (χ1n) is 6.10. The topological polar surface area (TPSA) is 38.9 Å². The van der Waals surface area contributed by atoms with Crippen molar-refractivity contribution in [1.29, 1.82) is 0 Å². The van der Waals surface area contributed by atoms with E-state index in [1.165, 1.54) is 16.3 Å². The minimum absolute atomic E-state index is 0.539. The van der Waals surface area contributed by atoms with Crippen LogP contribution < -0.4 is 5.73 Å². The van der Waals surface area contributed by atoms with Crippen LogP contribution >= 0.6 is 11.6 Å². The molecular formula is C16H13ClN2. The summed E-state index contributed by atoms with van der Waals surface area (Å²) in [6, 6.07) is 16.5. The second-order valence-corrected chi connectivity index (χ2v) is 4.95. The van der Waals surface area contributed by atoms with Gasteiger partial charge in [0.1, 0.15) is 5.82 Å². The number of nitrogens with two attached hydrogens (primary N) is 1. The Kier molecular flexibility index (Phi) is 3.10. The van der Waals surface area contributed by atoms with Crippen molar-refractivity contribution >= 4 is 28.2 Å². The molecule has 0 atom stereocenters. The molecule has 0 saturated carbocycles. The Labute approximate surface area is 116 Å². The lowest BCUT2D eigenvalue weighted by molar-refractivity contribution is 1.17. The lowest BCUT2D eigenvalue weighted by Crippen LogP contribution is -1.99. The summed E-state index contributed by atoms with van der Waals surface area (Å²) in [5.41, 5.74) is 8.10. The smallest absolute Gasteiger partial charge is 0.126 e. The lowest BCUT2D eigenvalue weighted by Gasteiger charge is -2.08. The predicted molar refractivity (Wildman–Crippen MR) is 80.4 cm³/mol. The van der Waals surface area contributed by atoms with Gasteiger partial charge < -0.3 is 5.73 Å². The summed E-state index contributed by atoms with van der Waals surface area (Å²) in [6.07, 6.45) is 2.31. The van der Waals surface area contributed by atoms with Crippen LogP contribution in [0.25, 0.3) is 10.8 Å². The second kappa shape index (κ2) is 4.90. The highest BCUT2D eigenvalue weighted by Crippen LogP contribution is 2.24. The molecule has 0 amide bonds. The number of hydrogen-bond donors (Lipinski definition) is 1. The summed E-state index contributed by atoms with van der Waals surface area (Å²) in [5.74, 6) is 0.539. The van der Waals surface area contributed by atoms with Crippen molar-refractivity contribution < 1.29 is 0 Å². The predicted octanol–water partition coefficient (Wildman–Crippen LogP) is 4.06. The molecule has 3 rings (SSSR count). The first-order valence-corrected chi connectivity index (χ1v) is 6.48. The molecule has 0 unspecified atom stereocenters. The molecule has 0 fully saturated rings. The summed E-state index contributed by atoms with van der Waals surface area (Å²) in [6.45, 7) is 0. The van der Waals surface area contributed by atoms with Crippen LogP contribution in [0.3, 0.4) is 0 Å². The van der Waals surface area contributed by atoms with Crippen molar-refractivity contribution in [2.75, 3.05) is 5.73 Å². The standard InChI is InChI=1S/C16H13ClN2/c17-14-9-13(16(18)19-10-14)8-12-6-3-5-11-4-1-2-7-15(11)12/h1-7,9-10H,8H2,(H2,18,19). The number of benzene rings is 2. The Bertz CT molecular complexity index is 732. The van der Waals surface area contributed by atoms with E-state index >= 15 is 0 Å². The van der Waals surface area contributed by atoms with Crippen LogP contribution in [0.15, 0.2) is 54.7 Å². The van der Waals surface area contributed by atoms with E-state index in [0.717, 1.165) is 12.0 Å². The monoisotopic (exact) mass is 268 g/mol. The van der Waals surface area contributed by atoms with E-state index in [1.807, 2.05) is 18.2 Å². The molecule has 0 aliphatic carbocycles. The largest absolute Gasteiger partial charge is 0.383 e. The van der Waals surface area contributed by atoms with E-state index in [1.54, 1.807) is 6.20 Å². The maximum atomic E-state index is 5.98. The Morgan fingerprint density at radius 1 is 1.00 bits per heavy atom. The third-order valence-electron chi connectivity index (χ3n) is 3.23. The summed E-state index contributed by atoms with van der Waals surface area (Å²) in [4.78, 5) is 4.10. The Morgan fingerprint density at radius 2 is 1.79 bits per heavy atom. The lowest BCUT2D eigenvalue weighted by atomic mass is 9.99. The van der Waals surface area contributed by atoms with Crippen molar-refractivity contribution in [3.05, 3.63) is 70.9 Å². The van der Waals surface area contributed by atoms with Crippen molar-refractivity contribution in [3.8, 4) is 0 Å². The molecule has 0 bridgehead atoms. The first-order chi connectivity index (χ1) is 9.24. The number of pyridine rings is 1. The van der Waals surface area contributed by atoms with Gasteiger partial charge in [0, 0.05) is 18.2 Å². The van der Waals surface area contributed by atoms with Gasteiger partial charge in [-0.3, -0.25) is 0 Å². The van der Waals surface area contributed by atoms with E-state index < -0.39 is 0 Å². The average Bonchev–Trinajstić information content (AvgIpc) is 2.43. The highest BCUT2D eigenvalue weighted by atomic mass is 35.5. The van der Waals surface area contributed by atoms with Crippen LogP contribution in [0, 0.1) is 0 Å². The molecule has 0 spiro atoms. The SMILES string of the molecule is Nc1ncc(Cl)cc1Cc1cccc2ccccc12. The van der Waals surface area contributed by atoms with E-state index in [4.69, 9.17) is 17.3 Å². The highest BCUT2D eigenvalue weighted by molar-refractivity contribution is 6.30. The zero-order valence-corrected chi connectivity index (χ0v) is 11.1. The molecule has 19 heavy (non-hydrogen) atoms. The van der Waals surface area contributed by atoms with Crippen LogP contribution in [0.2, 0.25) is 5.02 Å². The molecule has 0 aliphatic rings. The zero-order chi connectivity index (χ0) is 13.2. The van der Waals surface area contributed by atoms with Crippen molar-refractivity contribution in [2.24, 2.45) is 0 Å². The Hall–Kier alpha value is -2.06. The van der Waals surface area contributed by atoms with E-state index in [9.17, 15) is 0 Å². The number of halogens is 1. The number of rotatable bonds is 2. The molecule has 2 aromatic carbocycles. The molecule has 1 heterocycles. The van der Waals surface area contributed by atoms with E-state index in [0.29, 0.717) is 10.8 Å². The van der Waals surface area contributed by atoms with E-state index in [2.05, 4.69) is 35.3 Å². The summed E-state index contributed by atoms with van der Waals surface area (Å²) < 4.78 is 0. The number of anilines is 1. The molecule has 94 valence electrons. The summed E-state index contributed by atoms with van der Waals surface area (Å²) >= 11 is 5.98. The molecule has 1 aromatic heterocycles. The maximum Gasteiger partial charge on any atom is 0.126 e. The highest BCUT2D eigenvalue weighted by Gasteiger charge is 2.06. The van der Waals surface area contributed by atoms with Gasteiger partial charge in [-0.2, -0.15) is 0 Å². The normalized spacial score (nSPS) is 10.8. The maximum absolute atomic E-state index is 5.98. The first kappa shape index (κ1) is 12.0. The molecule has 0 aliphatic heterocycles. The number of aromatic nitrogens is 1. The molecule has 2 nitrogen and oxygen atoms in total. The van der Waals surface area contributed by atoms with Gasteiger partial charge in [0.25, 0.3) is 0 Å². The van der Waals surface area contributed by atoms with Gasteiger partial charge in [-0.25, -0.2) is 4.98 Å². The molecule has 0 radical (unpaired) electrons. The average molecular weight is 269 g/mol. The van der Waals surface area contributed by atoms with Crippen molar-refractivity contribution in [2.45, 2.75) is 6.42 Å². The van der Waals surface area contributed by atoms with Crippen LogP contribution in [0.1, 0.15) is 11.1 Å². The summed E-state index contributed by atoms with van der Waals surface area (Å²) in [5, 5.41) is 3.09. The van der Waals surface area contributed by atoms with Crippen LogP contribution in [0.5, 0.6) is 0 Å². The molecule has 0 saturated heterocycles. The van der Waals surface area contributed by atoms with Gasteiger partial charge in [-0.1, -0.05) is 54.1 Å². The molecule has 2 N–H and O–H groups in total. The van der Waals surface area contributed by atoms with Gasteiger partial charge in [0.15, 0.2) is 0 Å². The Morgan fingerprint density at radius 3 is 2.68 bits per heavy atom. The van der Waals surface area contributed by atoms with Crippen molar-refractivity contribution in [3.63, 3.8) is 0 Å². The number of nitrogen functional groups attached to an aromatic ring is 1. The summed E-state index contributed by atoms with van der Waals surface area (Å²) in [7, 11) is 0. The molecule has 3 aromatic rings. The van der Waals surface area contributed by atoms with Crippen LogP contribution in [0.4, 0.5) is 5.82 Å². The van der Waals surface area contributed by atoms with Gasteiger partial charge in [-0.05, 0) is 22.4 Å². The second-order valence-electron chi connectivity index (χ2n) is 4.51. The van der Waals surface area contributed by atoms with Crippen LogP contribution in [-0.4, -0.2) is 4.98 Å². The molecular weight excluding hydrogens is 256 g/mol. The number of fused-ring (bicyclic) bond motifs is 1. The fraction of sp³-hybridized carbons (Fsp3) is 0.0625. The molecule has 3 heteroatoms. The third kappa shape index (κ3) is 2.40. The van der Waals surface area contributed by atoms with Gasteiger partial charge in [0.05, 0.1) is 5.02 Å². The minimum atomic E-state index is 0.539. The quantitative estimate of drug-likeness (QED) is 0.761. The van der Waals surface area contributed by atoms with E-state index in [-0.39, 0.29) is 0 Å². The minimum Gasteiger partial charge on any atom is -0.383 e.